The van der Waals surface area contributed by atoms with Gasteiger partial charge in [-0.05, 0) is 6.07 Å². The van der Waals surface area contributed by atoms with Gasteiger partial charge in [-0.25, -0.2) is 9.78 Å². The first-order valence-corrected chi connectivity index (χ1v) is 5.29. The minimum Gasteiger partial charge on any atom is -0.477 e. The zero-order chi connectivity index (χ0) is 14.4. The van der Waals surface area contributed by atoms with E-state index in [-0.39, 0.29) is 36.2 Å². The van der Waals surface area contributed by atoms with Crippen LogP contribution in [-0.4, -0.2) is 40.0 Å². The number of pyridine rings is 1. The molecule has 102 valence electrons. The smallest absolute Gasteiger partial charge is 0.354 e. The number of hydrogen-bond acceptors (Lipinski definition) is 6. The number of carbonyl (C=O) groups excluding carboxylic acids is 1. The van der Waals surface area contributed by atoms with Gasteiger partial charge in [-0.3, -0.25) is 14.9 Å². The summed E-state index contributed by atoms with van der Waals surface area (Å²) in [5.41, 5.74) is -0.625. The van der Waals surface area contributed by atoms with E-state index in [0.717, 1.165) is 12.1 Å². The van der Waals surface area contributed by atoms with Crippen LogP contribution in [0, 0.1) is 10.1 Å². The lowest BCUT2D eigenvalue weighted by atomic mass is 10.3. The number of nitrogens with zero attached hydrogens (tertiary/aromatic N) is 2. The number of hydrogen-bond donors (Lipinski definition) is 3. The summed E-state index contributed by atoms with van der Waals surface area (Å²) in [6.45, 7) is 1.77. The second kappa shape index (κ2) is 6.28. The number of nitro groups is 1. The van der Waals surface area contributed by atoms with Crippen molar-refractivity contribution in [1.29, 1.82) is 0 Å². The van der Waals surface area contributed by atoms with Crippen LogP contribution in [0.2, 0.25) is 0 Å². The van der Waals surface area contributed by atoms with Crippen LogP contribution in [0.1, 0.15) is 17.4 Å². The Morgan fingerprint density at radius 3 is 2.63 bits per heavy atom. The van der Waals surface area contributed by atoms with Gasteiger partial charge in [0.2, 0.25) is 11.7 Å². The molecule has 0 radical (unpaired) electrons. The van der Waals surface area contributed by atoms with E-state index in [2.05, 4.69) is 15.6 Å². The Bertz CT molecular complexity index is 517. The minimum absolute atomic E-state index is 0.143. The summed E-state index contributed by atoms with van der Waals surface area (Å²) >= 11 is 0. The van der Waals surface area contributed by atoms with Gasteiger partial charge in [-0.1, -0.05) is 0 Å². The Kier molecular flexibility index (Phi) is 4.75. The summed E-state index contributed by atoms with van der Waals surface area (Å²) in [5.74, 6) is -1.65. The standard InChI is InChI=1S/C10H12N4O5/c1-6(15)11-4-5-12-9-8(14(18)19)3-2-7(13-9)10(16)17/h2-3H,4-5H2,1H3,(H,11,15)(H,12,13)(H,16,17). The molecule has 0 aliphatic carbocycles. The van der Waals surface area contributed by atoms with Crippen LogP contribution in [-0.2, 0) is 4.79 Å². The zero-order valence-corrected chi connectivity index (χ0v) is 10.0. The summed E-state index contributed by atoms with van der Waals surface area (Å²) < 4.78 is 0. The Labute approximate surface area is 107 Å². The Balaban J connectivity index is 2.82. The number of carboxylic acid groups (broad SMARTS) is 1. The summed E-state index contributed by atoms with van der Waals surface area (Å²) in [6, 6.07) is 2.12. The molecule has 1 aromatic heterocycles. The fourth-order valence-corrected chi connectivity index (χ4v) is 1.27. The summed E-state index contributed by atoms with van der Waals surface area (Å²) in [4.78, 5) is 35.1. The van der Waals surface area contributed by atoms with Crippen molar-refractivity contribution < 1.29 is 19.6 Å². The van der Waals surface area contributed by atoms with Crippen LogP contribution in [0.15, 0.2) is 12.1 Å². The normalized spacial score (nSPS) is 9.74. The van der Waals surface area contributed by atoms with Gasteiger partial charge >= 0.3 is 11.7 Å². The molecule has 0 saturated carbocycles. The Morgan fingerprint density at radius 2 is 2.11 bits per heavy atom. The Morgan fingerprint density at radius 1 is 1.42 bits per heavy atom. The molecule has 0 spiro atoms. The van der Waals surface area contributed by atoms with Crippen molar-refractivity contribution in [2.24, 2.45) is 0 Å². The number of anilines is 1. The summed E-state index contributed by atoms with van der Waals surface area (Å²) in [5, 5.41) is 24.6. The van der Waals surface area contributed by atoms with Crippen LogP contribution in [0.3, 0.4) is 0 Å². The van der Waals surface area contributed by atoms with Gasteiger partial charge in [-0.15, -0.1) is 0 Å². The lowest BCUT2D eigenvalue weighted by molar-refractivity contribution is -0.384. The molecule has 3 N–H and O–H groups in total. The number of carbonyl (C=O) groups is 2. The number of aromatic nitrogens is 1. The molecule has 0 aromatic carbocycles. The molecule has 1 heterocycles. The highest BCUT2D eigenvalue weighted by Crippen LogP contribution is 2.21. The van der Waals surface area contributed by atoms with Crippen molar-refractivity contribution in [1.82, 2.24) is 10.3 Å². The van der Waals surface area contributed by atoms with E-state index in [1.807, 2.05) is 0 Å². The maximum Gasteiger partial charge on any atom is 0.354 e. The molecule has 9 nitrogen and oxygen atoms in total. The molecule has 19 heavy (non-hydrogen) atoms. The highest BCUT2D eigenvalue weighted by atomic mass is 16.6. The molecule has 9 heteroatoms. The lowest BCUT2D eigenvalue weighted by Crippen LogP contribution is -2.26. The maximum absolute atomic E-state index is 10.8. The highest BCUT2D eigenvalue weighted by Gasteiger charge is 2.17. The van der Waals surface area contributed by atoms with E-state index in [1.54, 1.807) is 0 Å². The number of carboxylic acids is 1. The van der Waals surface area contributed by atoms with Gasteiger partial charge in [0.05, 0.1) is 4.92 Å². The molecule has 1 amide bonds. The van der Waals surface area contributed by atoms with Crippen LogP contribution in [0.25, 0.3) is 0 Å². The fraction of sp³-hybridized carbons (Fsp3) is 0.300. The van der Waals surface area contributed by atoms with Crippen LogP contribution in [0.5, 0.6) is 0 Å². The molecule has 0 aliphatic rings. The van der Waals surface area contributed by atoms with E-state index in [0.29, 0.717) is 0 Å². The van der Waals surface area contributed by atoms with Gasteiger partial charge in [0.15, 0.2) is 5.69 Å². The molecular formula is C10H12N4O5. The monoisotopic (exact) mass is 268 g/mol. The predicted molar refractivity (Wildman–Crippen MR) is 65.0 cm³/mol. The molecule has 0 saturated heterocycles. The number of amides is 1. The first kappa shape index (κ1) is 14.4. The van der Waals surface area contributed by atoms with E-state index in [1.165, 1.54) is 6.92 Å². The molecular weight excluding hydrogens is 256 g/mol. The summed E-state index contributed by atoms with van der Waals surface area (Å²) in [6.07, 6.45) is 0. The molecule has 0 fully saturated rings. The third-order valence-electron chi connectivity index (χ3n) is 2.08. The second-order valence-corrected chi connectivity index (χ2v) is 3.54. The highest BCUT2D eigenvalue weighted by molar-refractivity contribution is 5.86. The maximum atomic E-state index is 10.8. The van der Waals surface area contributed by atoms with Crippen molar-refractivity contribution in [3.8, 4) is 0 Å². The van der Waals surface area contributed by atoms with E-state index in [9.17, 15) is 19.7 Å². The number of nitrogens with one attached hydrogen (secondary N) is 2. The van der Waals surface area contributed by atoms with E-state index in [4.69, 9.17) is 5.11 Å². The topological polar surface area (TPSA) is 134 Å². The van der Waals surface area contributed by atoms with Gasteiger partial charge in [0, 0.05) is 26.1 Å². The Hall–Kier alpha value is -2.71. The number of aromatic carboxylic acids is 1. The van der Waals surface area contributed by atoms with Gasteiger partial charge < -0.3 is 15.7 Å². The van der Waals surface area contributed by atoms with Crippen molar-refractivity contribution in [3.63, 3.8) is 0 Å². The SMILES string of the molecule is CC(=O)NCCNc1nc(C(=O)O)ccc1[N+](=O)[O-]. The largest absolute Gasteiger partial charge is 0.477 e. The van der Waals surface area contributed by atoms with Crippen molar-refractivity contribution in [2.75, 3.05) is 18.4 Å². The van der Waals surface area contributed by atoms with E-state index < -0.39 is 10.9 Å². The third-order valence-corrected chi connectivity index (χ3v) is 2.08. The third kappa shape index (κ3) is 4.22. The van der Waals surface area contributed by atoms with Crippen LogP contribution in [0.4, 0.5) is 11.5 Å². The average Bonchev–Trinajstić information content (AvgIpc) is 2.33. The van der Waals surface area contributed by atoms with Gasteiger partial charge in [0.1, 0.15) is 0 Å². The molecule has 1 rings (SSSR count). The van der Waals surface area contributed by atoms with Crippen molar-refractivity contribution in [2.45, 2.75) is 6.92 Å². The van der Waals surface area contributed by atoms with Gasteiger partial charge in [-0.2, -0.15) is 0 Å². The first-order valence-electron chi connectivity index (χ1n) is 5.29. The summed E-state index contributed by atoms with van der Waals surface area (Å²) in [7, 11) is 0. The molecule has 1 aromatic rings. The molecule has 0 unspecified atom stereocenters. The fourth-order valence-electron chi connectivity index (χ4n) is 1.27. The van der Waals surface area contributed by atoms with Crippen LogP contribution < -0.4 is 10.6 Å². The van der Waals surface area contributed by atoms with E-state index >= 15 is 0 Å². The second-order valence-electron chi connectivity index (χ2n) is 3.54. The van der Waals surface area contributed by atoms with Crippen molar-refractivity contribution >= 4 is 23.4 Å². The molecule has 0 atom stereocenters. The minimum atomic E-state index is -1.28. The van der Waals surface area contributed by atoms with Crippen molar-refractivity contribution in [3.05, 3.63) is 27.9 Å². The lowest BCUT2D eigenvalue weighted by Gasteiger charge is -2.07. The molecule has 0 bridgehead atoms. The first-order chi connectivity index (χ1) is 8.91. The zero-order valence-electron chi connectivity index (χ0n) is 10.0. The molecule has 0 aliphatic heterocycles. The number of rotatable bonds is 6. The quantitative estimate of drug-likeness (QED) is 0.382. The predicted octanol–water partition coefficient (Wildman–Crippen LogP) is 0.236. The van der Waals surface area contributed by atoms with Gasteiger partial charge in [0.25, 0.3) is 0 Å². The van der Waals surface area contributed by atoms with Crippen LogP contribution >= 0.6 is 0 Å². The average molecular weight is 268 g/mol.